The van der Waals surface area contributed by atoms with Crippen LogP contribution >= 0.6 is 0 Å². The number of benzene rings is 1. The van der Waals surface area contributed by atoms with Gasteiger partial charge in [-0.05, 0) is 12.2 Å². The number of methoxy groups -OCH3 is 1. The smallest absolute Gasteiger partial charge is 0.268 e. The van der Waals surface area contributed by atoms with Crippen molar-refractivity contribution in [3.05, 3.63) is 59.4 Å². The molecule has 1 aromatic rings. The Bertz CT molecular complexity index is 579. The van der Waals surface area contributed by atoms with E-state index in [4.69, 9.17) is 4.74 Å². The molecule has 2 rings (SSSR count). The van der Waals surface area contributed by atoms with Crippen molar-refractivity contribution in [3.63, 3.8) is 0 Å². The van der Waals surface area contributed by atoms with Crippen molar-refractivity contribution in [2.24, 2.45) is 0 Å². The van der Waals surface area contributed by atoms with Crippen LogP contribution in [0.25, 0.3) is 0 Å². The van der Waals surface area contributed by atoms with E-state index in [9.17, 15) is 14.4 Å². The zero-order valence-electron chi connectivity index (χ0n) is 9.67. The maximum absolute atomic E-state index is 12.2. The Morgan fingerprint density at radius 1 is 1.06 bits per heavy atom. The molecule has 0 spiro atoms. The van der Waals surface area contributed by atoms with E-state index < -0.39 is 11.6 Å². The van der Waals surface area contributed by atoms with Crippen molar-refractivity contribution in [1.82, 2.24) is 0 Å². The number of Topliss-reactive ketones (excluding diaryl/α,β-unsaturated/α-hetero) is 2. The molecular weight excluding hydrogens is 232 g/mol. The largest absolute Gasteiger partial charge is 0.492 e. The molecule has 0 saturated heterocycles. The lowest BCUT2D eigenvalue weighted by atomic mass is 9.95. The number of ketones is 3. The third-order valence-corrected chi connectivity index (χ3v) is 2.56. The maximum Gasteiger partial charge on any atom is 0.268 e. The lowest BCUT2D eigenvalue weighted by Crippen LogP contribution is -2.22. The molecule has 4 heteroatoms. The molecule has 0 heterocycles. The van der Waals surface area contributed by atoms with Crippen LogP contribution < -0.4 is 0 Å². The number of hydrogen-bond acceptors (Lipinski definition) is 4. The Morgan fingerprint density at radius 3 is 2.33 bits per heavy atom. The summed E-state index contributed by atoms with van der Waals surface area (Å²) in [5.41, 5.74) is 0.544. The number of carbonyl (C=O) groups excluding carboxylic acids is 3. The minimum atomic E-state index is -0.792. The van der Waals surface area contributed by atoms with Crippen LogP contribution in [0.5, 0.6) is 0 Å². The number of carbonyl (C=O) groups is 3. The Kier molecular flexibility index (Phi) is 3.19. The third-order valence-electron chi connectivity index (χ3n) is 2.56. The Morgan fingerprint density at radius 2 is 1.72 bits per heavy atom. The first kappa shape index (κ1) is 12.0. The van der Waals surface area contributed by atoms with Gasteiger partial charge in [0.25, 0.3) is 5.78 Å². The van der Waals surface area contributed by atoms with E-state index >= 15 is 0 Å². The highest BCUT2D eigenvalue weighted by atomic mass is 16.5. The highest BCUT2D eigenvalue weighted by Crippen LogP contribution is 2.19. The molecule has 90 valence electrons. The lowest BCUT2D eigenvalue weighted by molar-refractivity contribution is -0.133. The fourth-order valence-electron chi connectivity index (χ4n) is 1.67. The molecule has 0 aliphatic heterocycles. The highest BCUT2D eigenvalue weighted by Gasteiger charge is 2.28. The van der Waals surface area contributed by atoms with Gasteiger partial charge in [0.2, 0.25) is 5.78 Å². The average Bonchev–Trinajstić information content (AvgIpc) is 2.42. The number of allylic oxidation sites excluding steroid dienone is 4. The molecule has 0 fully saturated rings. The highest BCUT2D eigenvalue weighted by molar-refractivity contribution is 6.49. The maximum atomic E-state index is 12.2. The van der Waals surface area contributed by atoms with Crippen molar-refractivity contribution >= 4 is 17.3 Å². The molecule has 0 unspecified atom stereocenters. The van der Waals surface area contributed by atoms with Gasteiger partial charge in [-0.25, -0.2) is 0 Å². The van der Waals surface area contributed by atoms with Crippen LogP contribution in [-0.4, -0.2) is 24.5 Å². The molecule has 0 radical (unpaired) electrons. The molecular formula is C14H10O4. The monoisotopic (exact) mass is 242 g/mol. The first-order chi connectivity index (χ1) is 8.65. The van der Waals surface area contributed by atoms with Gasteiger partial charge in [-0.1, -0.05) is 30.3 Å². The first-order valence-corrected chi connectivity index (χ1v) is 5.30. The van der Waals surface area contributed by atoms with Gasteiger partial charge in [-0.2, -0.15) is 0 Å². The lowest BCUT2D eigenvalue weighted by Gasteiger charge is -2.11. The van der Waals surface area contributed by atoms with Crippen molar-refractivity contribution < 1.29 is 19.1 Å². The summed E-state index contributed by atoms with van der Waals surface area (Å²) in [5, 5.41) is 0. The van der Waals surface area contributed by atoms with E-state index in [0.717, 1.165) is 6.08 Å². The summed E-state index contributed by atoms with van der Waals surface area (Å²) < 4.78 is 4.87. The number of ether oxygens (including phenoxy) is 1. The molecule has 1 aliphatic rings. The van der Waals surface area contributed by atoms with E-state index in [1.54, 1.807) is 30.3 Å². The Hall–Kier alpha value is -2.49. The molecule has 0 amide bonds. The molecule has 1 aromatic carbocycles. The van der Waals surface area contributed by atoms with Crippen LogP contribution in [-0.2, 0) is 14.3 Å². The molecule has 0 N–H and O–H groups in total. The van der Waals surface area contributed by atoms with Crippen LogP contribution in [0, 0.1) is 0 Å². The zero-order chi connectivity index (χ0) is 13.1. The van der Waals surface area contributed by atoms with Gasteiger partial charge >= 0.3 is 0 Å². The quantitative estimate of drug-likeness (QED) is 0.457. The molecule has 0 atom stereocenters. The van der Waals surface area contributed by atoms with Crippen LogP contribution in [0.3, 0.4) is 0 Å². The topological polar surface area (TPSA) is 60.4 Å². The van der Waals surface area contributed by atoms with Crippen LogP contribution in [0.15, 0.2) is 53.8 Å². The number of hydrogen-bond donors (Lipinski definition) is 0. The van der Waals surface area contributed by atoms with Gasteiger partial charge in [0.15, 0.2) is 11.5 Å². The Balaban J connectivity index is 2.47. The summed E-state index contributed by atoms with van der Waals surface area (Å²) in [6, 6.07) is 8.50. The van der Waals surface area contributed by atoms with Gasteiger partial charge in [0.1, 0.15) is 0 Å². The van der Waals surface area contributed by atoms with Crippen LogP contribution in [0.1, 0.15) is 10.4 Å². The second kappa shape index (κ2) is 4.79. The van der Waals surface area contributed by atoms with Crippen LogP contribution in [0.2, 0.25) is 0 Å². The van der Waals surface area contributed by atoms with E-state index in [2.05, 4.69) is 0 Å². The predicted octanol–water partition coefficient (Wildman–Crippen LogP) is 1.48. The van der Waals surface area contributed by atoms with E-state index in [1.807, 2.05) is 0 Å². The summed E-state index contributed by atoms with van der Waals surface area (Å²) in [6.07, 6.45) is 2.40. The second-order valence-electron chi connectivity index (χ2n) is 3.67. The first-order valence-electron chi connectivity index (χ1n) is 5.30. The number of rotatable bonds is 3. The van der Waals surface area contributed by atoms with E-state index in [1.165, 1.54) is 13.2 Å². The summed E-state index contributed by atoms with van der Waals surface area (Å²) in [7, 11) is 1.26. The van der Waals surface area contributed by atoms with Crippen molar-refractivity contribution in [3.8, 4) is 0 Å². The normalized spacial score (nSPS) is 14.9. The third kappa shape index (κ3) is 2.00. The van der Waals surface area contributed by atoms with Gasteiger partial charge in [0, 0.05) is 5.56 Å². The summed E-state index contributed by atoms with van der Waals surface area (Å²) >= 11 is 0. The molecule has 0 bridgehead atoms. The standard InChI is InChI=1S/C14H10O4/c1-18-14-10(7-8-11(15)13(14)17)12(16)9-5-3-2-4-6-9/h2-8H,1H3. The van der Waals surface area contributed by atoms with Gasteiger partial charge in [-0.3, -0.25) is 14.4 Å². The van der Waals surface area contributed by atoms with Crippen molar-refractivity contribution in [2.75, 3.05) is 7.11 Å². The van der Waals surface area contributed by atoms with E-state index in [-0.39, 0.29) is 17.1 Å². The van der Waals surface area contributed by atoms with Gasteiger partial charge in [-0.15, -0.1) is 0 Å². The van der Waals surface area contributed by atoms with E-state index in [0.29, 0.717) is 5.56 Å². The summed E-state index contributed by atoms with van der Waals surface area (Å²) in [5.74, 6) is -2.02. The van der Waals surface area contributed by atoms with Crippen molar-refractivity contribution in [1.29, 1.82) is 0 Å². The van der Waals surface area contributed by atoms with Gasteiger partial charge in [0.05, 0.1) is 12.7 Å². The fourth-order valence-corrected chi connectivity index (χ4v) is 1.67. The molecule has 1 aliphatic carbocycles. The SMILES string of the molecule is COC1=C(C(=O)c2ccccc2)C=CC(=O)C1=O. The minimum Gasteiger partial charge on any atom is -0.492 e. The Labute approximate surface area is 104 Å². The average molecular weight is 242 g/mol. The van der Waals surface area contributed by atoms with Gasteiger partial charge < -0.3 is 4.74 Å². The second-order valence-corrected chi connectivity index (χ2v) is 3.67. The zero-order valence-corrected chi connectivity index (χ0v) is 9.67. The predicted molar refractivity (Wildman–Crippen MR) is 64.0 cm³/mol. The summed E-state index contributed by atoms with van der Waals surface area (Å²) in [4.78, 5) is 34.9. The minimum absolute atomic E-state index is 0.105. The molecule has 0 saturated carbocycles. The molecule has 18 heavy (non-hydrogen) atoms. The summed E-state index contributed by atoms with van der Waals surface area (Å²) in [6.45, 7) is 0. The molecule has 0 aromatic heterocycles. The molecule has 4 nitrogen and oxygen atoms in total. The van der Waals surface area contributed by atoms with Crippen LogP contribution in [0.4, 0.5) is 0 Å². The van der Waals surface area contributed by atoms with Crippen molar-refractivity contribution in [2.45, 2.75) is 0 Å². The fraction of sp³-hybridized carbons (Fsp3) is 0.0714.